The van der Waals surface area contributed by atoms with E-state index >= 15 is 0 Å². The average molecular weight is 391 g/mol. The Labute approximate surface area is 157 Å². The molecule has 0 aliphatic heterocycles. The van der Waals surface area contributed by atoms with Gasteiger partial charge < -0.3 is 11.1 Å². The number of nitrogen functional groups attached to an aromatic ring is 1. The Hall–Kier alpha value is -2.97. The molecule has 3 aromatic rings. The molecule has 1 aromatic carbocycles. The van der Waals surface area contributed by atoms with Crippen LogP contribution in [-0.2, 0) is 19.0 Å². The lowest BCUT2D eigenvalue weighted by atomic mass is 9.84. The van der Waals surface area contributed by atoms with E-state index in [9.17, 15) is 17.6 Å². The summed E-state index contributed by atoms with van der Waals surface area (Å²) < 4.78 is 54.6. The molecule has 2 aromatic heterocycles. The summed E-state index contributed by atoms with van der Waals surface area (Å²) in [5, 5.41) is 14.2. The van der Waals surface area contributed by atoms with Crippen molar-refractivity contribution in [3.8, 4) is 11.3 Å². The van der Waals surface area contributed by atoms with Gasteiger partial charge in [-0.1, -0.05) is 0 Å². The minimum absolute atomic E-state index is 0.0867. The van der Waals surface area contributed by atoms with Crippen molar-refractivity contribution < 1.29 is 17.6 Å². The van der Waals surface area contributed by atoms with E-state index < -0.39 is 17.7 Å². The Bertz CT molecular complexity index is 1110. The first kappa shape index (κ1) is 18.4. The lowest BCUT2D eigenvalue weighted by Gasteiger charge is -2.23. The number of nitrogens with one attached hydrogen (secondary N) is 2. The highest BCUT2D eigenvalue weighted by molar-refractivity contribution is 6.13. The fourth-order valence-electron chi connectivity index (χ4n) is 3.97. The molecule has 1 aliphatic carbocycles. The Morgan fingerprint density at radius 3 is 2.54 bits per heavy atom. The molecular weight excluding hydrogens is 374 g/mol. The summed E-state index contributed by atoms with van der Waals surface area (Å²) in [7, 11) is 0. The molecule has 0 saturated heterocycles. The molecule has 0 fully saturated rings. The molecule has 4 N–H and O–H groups in total. The molecule has 9 heteroatoms. The molecule has 2 heterocycles. The maximum atomic E-state index is 14.4. The second kappa shape index (κ2) is 6.29. The summed E-state index contributed by atoms with van der Waals surface area (Å²) in [6, 6.07) is 1.13. The lowest BCUT2D eigenvalue weighted by Crippen LogP contribution is -2.14. The second-order valence-corrected chi connectivity index (χ2v) is 6.95. The number of aromatic nitrogens is 3. The van der Waals surface area contributed by atoms with Crippen LogP contribution in [0.25, 0.3) is 22.2 Å². The van der Waals surface area contributed by atoms with Crippen LogP contribution in [0.2, 0.25) is 0 Å². The number of hydrogen-bond donors (Lipinski definition) is 3. The smallest absolute Gasteiger partial charge is 0.396 e. The van der Waals surface area contributed by atoms with Crippen LogP contribution in [0, 0.1) is 11.2 Å². The molecule has 0 unspecified atom stereocenters. The summed E-state index contributed by atoms with van der Waals surface area (Å²) in [6.45, 7) is 1.51. The van der Waals surface area contributed by atoms with E-state index in [4.69, 9.17) is 11.1 Å². The van der Waals surface area contributed by atoms with Crippen LogP contribution < -0.4 is 5.73 Å². The van der Waals surface area contributed by atoms with Crippen molar-refractivity contribution in [1.29, 1.82) is 5.41 Å². The van der Waals surface area contributed by atoms with Crippen LogP contribution >= 0.6 is 0 Å². The zero-order chi connectivity index (χ0) is 20.2. The summed E-state index contributed by atoms with van der Waals surface area (Å²) >= 11 is 0. The number of rotatable bonds is 2. The van der Waals surface area contributed by atoms with Gasteiger partial charge in [-0.3, -0.25) is 5.10 Å². The van der Waals surface area contributed by atoms with Gasteiger partial charge in [-0.05, 0) is 43.7 Å². The van der Waals surface area contributed by atoms with Crippen molar-refractivity contribution in [2.75, 3.05) is 5.73 Å². The van der Waals surface area contributed by atoms with Crippen molar-refractivity contribution in [2.45, 2.75) is 38.8 Å². The van der Waals surface area contributed by atoms with Crippen molar-refractivity contribution in [3.05, 3.63) is 40.5 Å². The SMILES string of the molecule is CC(=N)c1c(N)c(F)cc2nc(-c3cn[nH]c3C(F)(F)F)c3c(c12)CCCC3. The third kappa shape index (κ3) is 2.73. The van der Waals surface area contributed by atoms with E-state index in [2.05, 4.69) is 10.1 Å². The van der Waals surface area contributed by atoms with Gasteiger partial charge in [0, 0.05) is 22.7 Å². The van der Waals surface area contributed by atoms with E-state index in [1.807, 2.05) is 5.10 Å². The van der Waals surface area contributed by atoms with E-state index in [-0.39, 0.29) is 33.7 Å². The van der Waals surface area contributed by atoms with Crippen LogP contribution in [-0.4, -0.2) is 20.9 Å². The lowest BCUT2D eigenvalue weighted by molar-refractivity contribution is -0.140. The Morgan fingerprint density at radius 1 is 1.21 bits per heavy atom. The highest BCUT2D eigenvalue weighted by Gasteiger charge is 2.37. The van der Waals surface area contributed by atoms with Crippen molar-refractivity contribution in [2.24, 2.45) is 0 Å². The number of hydrogen-bond acceptors (Lipinski definition) is 4. The van der Waals surface area contributed by atoms with E-state index in [1.54, 1.807) is 0 Å². The van der Waals surface area contributed by atoms with Crippen molar-refractivity contribution in [3.63, 3.8) is 0 Å². The van der Waals surface area contributed by atoms with Gasteiger partial charge >= 0.3 is 6.18 Å². The number of alkyl halides is 3. The minimum Gasteiger partial charge on any atom is -0.396 e. The zero-order valence-electron chi connectivity index (χ0n) is 15.0. The molecule has 0 radical (unpaired) electrons. The standard InChI is InChI=1S/C19H17F4N5/c1-8(24)14-15-9-4-2-3-5-10(9)17(27-13(15)6-12(20)16(14)25)11-7-26-28-18(11)19(21,22)23/h6-7,24H,2-5,25H2,1H3,(H,26,28). The van der Waals surface area contributed by atoms with Crippen LogP contribution in [0.3, 0.4) is 0 Å². The monoisotopic (exact) mass is 391 g/mol. The van der Waals surface area contributed by atoms with Gasteiger partial charge in [-0.2, -0.15) is 18.3 Å². The van der Waals surface area contributed by atoms with Crippen LogP contribution in [0.4, 0.5) is 23.2 Å². The van der Waals surface area contributed by atoms with Crippen molar-refractivity contribution in [1.82, 2.24) is 15.2 Å². The van der Waals surface area contributed by atoms with Crippen LogP contribution in [0.15, 0.2) is 12.3 Å². The maximum Gasteiger partial charge on any atom is 0.433 e. The first-order valence-corrected chi connectivity index (χ1v) is 8.80. The van der Waals surface area contributed by atoms with Crippen molar-refractivity contribution >= 4 is 22.3 Å². The molecule has 0 saturated carbocycles. The van der Waals surface area contributed by atoms with Gasteiger partial charge in [0.25, 0.3) is 0 Å². The summed E-state index contributed by atoms with van der Waals surface area (Å²) in [6.07, 6.45) is -0.718. The van der Waals surface area contributed by atoms with E-state index in [0.717, 1.165) is 30.7 Å². The maximum absolute atomic E-state index is 14.4. The number of fused-ring (bicyclic) bond motifs is 3. The first-order chi connectivity index (χ1) is 13.2. The van der Waals surface area contributed by atoms with Crippen LogP contribution in [0.5, 0.6) is 0 Å². The predicted molar refractivity (Wildman–Crippen MR) is 97.8 cm³/mol. The summed E-state index contributed by atoms with van der Waals surface area (Å²) in [5.41, 5.74) is 6.78. The molecule has 5 nitrogen and oxygen atoms in total. The first-order valence-electron chi connectivity index (χ1n) is 8.80. The number of nitrogens with zero attached hydrogens (tertiary/aromatic N) is 2. The number of pyridine rings is 1. The van der Waals surface area contributed by atoms with Gasteiger partial charge in [-0.15, -0.1) is 0 Å². The predicted octanol–water partition coefficient (Wildman–Crippen LogP) is 4.63. The fraction of sp³-hybridized carbons (Fsp3) is 0.316. The largest absolute Gasteiger partial charge is 0.433 e. The van der Waals surface area contributed by atoms with Gasteiger partial charge in [0.05, 0.1) is 28.7 Å². The minimum atomic E-state index is -4.62. The summed E-state index contributed by atoms with van der Waals surface area (Å²) in [5.74, 6) is -0.744. The number of halogens is 4. The number of H-pyrrole nitrogens is 1. The zero-order valence-corrected chi connectivity index (χ0v) is 15.0. The Kier molecular flexibility index (Phi) is 4.13. The van der Waals surface area contributed by atoms with E-state index in [0.29, 0.717) is 23.8 Å². The van der Waals surface area contributed by atoms with Gasteiger partial charge in [0.15, 0.2) is 0 Å². The molecule has 0 spiro atoms. The molecule has 28 heavy (non-hydrogen) atoms. The Balaban J connectivity index is 2.13. The van der Waals surface area contributed by atoms with Gasteiger partial charge in [-0.25, -0.2) is 9.37 Å². The molecule has 0 amide bonds. The third-order valence-electron chi connectivity index (χ3n) is 5.14. The fourth-order valence-corrected chi connectivity index (χ4v) is 3.97. The average Bonchev–Trinajstić information content (AvgIpc) is 3.12. The number of anilines is 1. The number of aromatic amines is 1. The molecule has 0 bridgehead atoms. The quantitative estimate of drug-likeness (QED) is 0.338. The van der Waals surface area contributed by atoms with E-state index in [1.165, 1.54) is 6.92 Å². The Morgan fingerprint density at radius 2 is 1.89 bits per heavy atom. The molecular formula is C19H17F4N5. The molecule has 146 valence electrons. The molecule has 1 aliphatic rings. The number of aryl methyl sites for hydroxylation is 1. The van der Waals surface area contributed by atoms with Crippen LogP contribution in [0.1, 0.15) is 42.1 Å². The normalized spacial score (nSPS) is 14.3. The number of benzene rings is 1. The van der Waals surface area contributed by atoms with Gasteiger partial charge in [0.1, 0.15) is 11.5 Å². The molecule has 0 atom stereocenters. The number of nitrogens with two attached hydrogens (primary N) is 1. The summed E-state index contributed by atoms with van der Waals surface area (Å²) in [4.78, 5) is 4.40. The van der Waals surface area contributed by atoms with Gasteiger partial charge in [0.2, 0.25) is 0 Å². The highest BCUT2D eigenvalue weighted by atomic mass is 19.4. The second-order valence-electron chi connectivity index (χ2n) is 6.95. The molecule has 4 rings (SSSR count). The topological polar surface area (TPSA) is 91.4 Å². The highest BCUT2D eigenvalue weighted by Crippen LogP contribution is 2.42. The third-order valence-corrected chi connectivity index (χ3v) is 5.14.